The fraction of sp³-hybridized carbons (Fsp3) is 0.333. The van der Waals surface area contributed by atoms with Gasteiger partial charge in [-0.3, -0.25) is 4.79 Å². The summed E-state index contributed by atoms with van der Waals surface area (Å²) in [6, 6.07) is 6.59. The van der Waals surface area contributed by atoms with Crippen molar-refractivity contribution in [1.82, 2.24) is 0 Å². The molecule has 0 spiro atoms. The van der Waals surface area contributed by atoms with E-state index in [4.69, 9.17) is 9.84 Å². The van der Waals surface area contributed by atoms with Crippen LogP contribution in [0.4, 0.5) is 0 Å². The van der Waals surface area contributed by atoms with Crippen molar-refractivity contribution in [3.8, 4) is 5.75 Å². The first kappa shape index (κ1) is 12.2. The summed E-state index contributed by atoms with van der Waals surface area (Å²) in [5.74, 6) is -0.694. The molecular weight excluding hydrogens is 208 g/mol. The molecule has 0 radical (unpaired) electrons. The third kappa shape index (κ3) is 3.08. The lowest BCUT2D eigenvalue weighted by Crippen LogP contribution is -2.27. The van der Waals surface area contributed by atoms with Crippen molar-refractivity contribution in [3.63, 3.8) is 0 Å². The maximum Gasteiger partial charge on any atom is 0.344 e. The maximum atomic E-state index is 10.9. The van der Waals surface area contributed by atoms with Gasteiger partial charge in [-0.2, -0.15) is 0 Å². The number of benzene rings is 1. The predicted molar refractivity (Wildman–Crippen MR) is 58.8 cm³/mol. The highest BCUT2D eigenvalue weighted by molar-refractivity contribution is 5.80. The predicted octanol–water partition coefficient (Wildman–Crippen LogP) is 2.13. The molecule has 1 unspecified atom stereocenters. The van der Waals surface area contributed by atoms with Crippen LogP contribution in [0.3, 0.4) is 0 Å². The van der Waals surface area contributed by atoms with Gasteiger partial charge in [0.1, 0.15) is 5.75 Å². The largest absolute Gasteiger partial charge is 0.479 e. The van der Waals surface area contributed by atoms with Crippen LogP contribution in [0.15, 0.2) is 24.3 Å². The third-order valence-electron chi connectivity index (χ3n) is 2.14. The van der Waals surface area contributed by atoms with Crippen molar-refractivity contribution in [3.05, 3.63) is 29.8 Å². The Kier molecular flexibility index (Phi) is 4.51. The number of ether oxygens (including phenoxy) is 1. The number of aliphatic carboxylic acids is 1. The number of carbonyl (C=O) groups excluding carboxylic acids is 1. The normalized spacial score (nSPS) is 11.8. The van der Waals surface area contributed by atoms with E-state index in [1.807, 2.05) is 6.92 Å². The molecular formula is C12H14O4. The lowest BCUT2D eigenvalue weighted by Gasteiger charge is -2.15. The minimum atomic E-state index is -1.01. The van der Waals surface area contributed by atoms with E-state index < -0.39 is 12.1 Å². The SMILES string of the molecule is CCCC(Oc1ccccc1C=O)C(=O)O. The molecule has 0 aliphatic rings. The second kappa shape index (κ2) is 5.90. The van der Waals surface area contributed by atoms with Crippen molar-refractivity contribution in [2.24, 2.45) is 0 Å². The van der Waals surface area contributed by atoms with Gasteiger partial charge in [0.2, 0.25) is 0 Å². The van der Waals surface area contributed by atoms with Gasteiger partial charge in [-0.05, 0) is 18.6 Å². The minimum absolute atomic E-state index is 0.318. The highest BCUT2D eigenvalue weighted by Gasteiger charge is 2.19. The molecule has 1 N–H and O–H groups in total. The molecule has 0 aliphatic carbocycles. The van der Waals surface area contributed by atoms with Gasteiger partial charge in [0.15, 0.2) is 12.4 Å². The van der Waals surface area contributed by atoms with Crippen LogP contribution in [-0.4, -0.2) is 23.5 Å². The summed E-state index contributed by atoms with van der Waals surface area (Å²) in [5.41, 5.74) is 0.366. The molecule has 0 aromatic heterocycles. The summed E-state index contributed by atoms with van der Waals surface area (Å²) in [4.78, 5) is 21.6. The zero-order valence-corrected chi connectivity index (χ0v) is 9.05. The Labute approximate surface area is 93.9 Å². The first-order valence-electron chi connectivity index (χ1n) is 5.12. The molecule has 16 heavy (non-hydrogen) atoms. The third-order valence-corrected chi connectivity index (χ3v) is 2.14. The molecule has 86 valence electrons. The topological polar surface area (TPSA) is 63.6 Å². The highest BCUT2D eigenvalue weighted by Crippen LogP contribution is 2.18. The van der Waals surface area contributed by atoms with Crippen molar-refractivity contribution >= 4 is 12.3 Å². The van der Waals surface area contributed by atoms with Crippen molar-refractivity contribution < 1.29 is 19.4 Å². The van der Waals surface area contributed by atoms with E-state index in [0.717, 1.165) is 0 Å². The highest BCUT2D eigenvalue weighted by atomic mass is 16.5. The molecule has 0 aliphatic heterocycles. The summed E-state index contributed by atoms with van der Waals surface area (Å²) in [7, 11) is 0. The van der Waals surface area contributed by atoms with Crippen LogP contribution < -0.4 is 4.74 Å². The minimum Gasteiger partial charge on any atom is -0.479 e. The number of rotatable bonds is 6. The Balaban J connectivity index is 2.84. The van der Waals surface area contributed by atoms with Crippen molar-refractivity contribution in [2.75, 3.05) is 0 Å². The zero-order valence-electron chi connectivity index (χ0n) is 9.05. The van der Waals surface area contributed by atoms with E-state index in [-0.39, 0.29) is 0 Å². The summed E-state index contributed by atoms with van der Waals surface area (Å²) in [6.45, 7) is 1.88. The molecule has 0 amide bonds. The van der Waals surface area contributed by atoms with Crippen LogP contribution in [0.1, 0.15) is 30.1 Å². The Morgan fingerprint density at radius 1 is 1.50 bits per heavy atom. The molecule has 1 aromatic rings. The van der Waals surface area contributed by atoms with Crippen molar-refractivity contribution in [1.29, 1.82) is 0 Å². The van der Waals surface area contributed by atoms with E-state index in [1.54, 1.807) is 24.3 Å². The fourth-order valence-electron chi connectivity index (χ4n) is 1.33. The molecule has 0 fully saturated rings. The van der Waals surface area contributed by atoms with Gasteiger partial charge >= 0.3 is 5.97 Å². The van der Waals surface area contributed by atoms with Crippen LogP contribution in [0.2, 0.25) is 0 Å². The number of carbonyl (C=O) groups is 2. The number of para-hydroxylation sites is 1. The van der Waals surface area contributed by atoms with Crippen LogP contribution >= 0.6 is 0 Å². The number of hydrogen-bond acceptors (Lipinski definition) is 3. The first-order chi connectivity index (χ1) is 7.69. The van der Waals surface area contributed by atoms with Gasteiger partial charge in [-0.1, -0.05) is 25.5 Å². The standard InChI is InChI=1S/C12H14O4/c1-2-5-11(12(14)15)16-10-7-4-3-6-9(10)8-13/h3-4,6-8,11H,2,5H2,1H3,(H,14,15). The van der Waals surface area contributed by atoms with Gasteiger partial charge in [0.25, 0.3) is 0 Å². The molecule has 0 heterocycles. The van der Waals surface area contributed by atoms with Gasteiger partial charge < -0.3 is 9.84 Å². The number of carboxylic acids is 1. The Hall–Kier alpha value is -1.84. The first-order valence-corrected chi connectivity index (χ1v) is 5.12. The smallest absolute Gasteiger partial charge is 0.344 e. The average Bonchev–Trinajstić information content (AvgIpc) is 2.29. The Morgan fingerprint density at radius 2 is 2.19 bits per heavy atom. The zero-order chi connectivity index (χ0) is 12.0. The summed E-state index contributed by atoms with van der Waals surface area (Å²) < 4.78 is 5.31. The van der Waals surface area contributed by atoms with Crippen LogP contribution in [-0.2, 0) is 4.79 Å². The summed E-state index contributed by atoms with van der Waals surface area (Å²) in [5, 5.41) is 8.92. The molecule has 0 bridgehead atoms. The molecule has 0 saturated carbocycles. The van der Waals surface area contributed by atoms with Crippen LogP contribution in [0.5, 0.6) is 5.75 Å². The number of hydrogen-bond donors (Lipinski definition) is 1. The molecule has 1 aromatic carbocycles. The monoisotopic (exact) mass is 222 g/mol. The second-order valence-corrected chi connectivity index (χ2v) is 3.39. The number of aldehydes is 1. The fourth-order valence-corrected chi connectivity index (χ4v) is 1.33. The molecule has 0 saturated heterocycles. The lowest BCUT2D eigenvalue weighted by atomic mass is 10.2. The van der Waals surface area contributed by atoms with Crippen LogP contribution in [0.25, 0.3) is 0 Å². The average molecular weight is 222 g/mol. The Morgan fingerprint density at radius 3 is 2.75 bits per heavy atom. The van der Waals surface area contributed by atoms with E-state index in [9.17, 15) is 9.59 Å². The molecule has 4 heteroatoms. The van der Waals surface area contributed by atoms with Crippen molar-refractivity contribution in [2.45, 2.75) is 25.9 Å². The van der Waals surface area contributed by atoms with Gasteiger partial charge in [0.05, 0.1) is 5.56 Å². The summed E-state index contributed by atoms with van der Waals surface area (Å²) in [6.07, 6.45) is 0.884. The maximum absolute atomic E-state index is 10.9. The molecule has 1 rings (SSSR count). The summed E-state index contributed by atoms with van der Waals surface area (Å²) >= 11 is 0. The van der Waals surface area contributed by atoms with E-state index in [2.05, 4.69) is 0 Å². The number of carboxylic acid groups (broad SMARTS) is 1. The molecule has 1 atom stereocenters. The van der Waals surface area contributed by atoms with Crippen LogP contribution in [0, 0.1) is 0 Å². The van der Waals surface area contributed by atoms with E-state index >= 15 is 0 Å². The Bertz CT molecular complexity index is 373. The van der Waals surface area contributed by atoms with E-state index in [1.165, 1.54) is 0 Å². The lowest BCUT2D eigenvalue weighted by molar-refractivity contribution is -0.145. The second-order valence-electron chi connectivity index (χ2n) is 3.39. The van der Waals surface area contributed by atoms with E-state index in [0.29, 0.717) is 30.4 Å². The van der Waals surface area contributed by atoms with Gasteiger partial charge in [-0.25, -0.2) is 4.79 Å². The quantitative estimate of drug-likeness (QED) is 0.749. The van der Waals surface area contributed by atoms with Gasteiger partial charge in [0, 0.05) is 0 Å². The molecule has 4 nitrogen and oxygen atoms in total. The van der Waals surface area contributed by atoms with Gasteiger partial charge in [-0.15, -0.1) is 0 Å².